The van der Waals surface area contributed by atoms with Gasteiger partial charge in [0.05, 0.1) is 11.3 Å². The second-order valence-corrected chi connectivity index (χ2v) is 6.20. The number of nitrogens with one attached hydrogen (secondary N) is 1. The second-order valence-electron chi connectivity index (χ2n) is 5.35. The molecule has 1 fully saturated rings. The first-order valence-electron chi connectivity index (χ1n) is 7.25. The van der Waals surface area contributed by atoms with Gasteiger partial charge in [-0.2, -0.15) is 0 Å². The minimum absolute atomic E-state index is 0.0481. The number of anilines is 1. The predicted octanol–water partition coefficient (Wildman–Crippen LogP) is 4.58. The molecule has 110 valence electrons. The second kappa shape index (κ2) is 6.35. The van der Waals surface area contributed by atoms with Crippen LogP contribution < -0.4 is 5.32 Å². The summed E-state index contributed by atoms with van der Waals surface area (Å²) < 4.78 is 13.6. The summed E-state index contributed by atoms with van der Waals surface area (Å²) in [6.45, 7) is 0. The number of hydrogen-bond donors (Lipinski definition) is 1. The van der Waals surface area contributed by atoms with Gasteiger partial charge in [0.2, 0.25) is 0 Å². The zero-order chi connectivity index (χ0) is 14.7. The van der Waals surface area contributed by atoms with Crippen molar-refractivity contribution in [3.63, 3.8) is 0 Å². The van der Waals surface area contributed by atoms with E-state index in [0.717, 1.165) is 5.69 Å². The van der Waals surface area contributed by atoms with Crippen molar-refractivity contribution in [2.45, 2.75) is 38.0 Å². The lowest BCUT2D eigenvalue weighted by molar-refractivity contribution is 0.102. The maximum Gasteiger partial charge on any atom is 0.260 e. The Bertz CT molecular complexity index is 635. The Kier molecular flexibility index (Phi) is 4.29. The van der Waals surface area contributed by atoms with Crippen LogP contribution in [0.3, 0.4) is 0 Å². The first-order valence-corrected chi connectivity index (χ1v) is 8.13. The van der Waals surface area contributed by atoms with Gasteiger partial charge >= 0.3 is 0 Å². The number of halogens is 1. The third-order valence-corrected chi connectivity index (χ3v) is 4.66. The van der Waals surface area contributed by atoms with E-state index in [2.05, 4.69) is 10.3 Å². The molecule has 1 aromatic heterocycles. The van der Waals surface area contributed by atoms with Crippen LogP contribution in [0.25, 0.3) is 0 Å². The van der Waals surface area contributed by atoms with Gasteiger partial charge in [0.1, 0.15) is 5.82 Å². The largest absolute Gasteiger partial charge is 0.298 e. The van der Waals surface area contributed by atoms with E-state index in [1.54, 1.807) is 12.1 Å². The topological polar surface area (TPSA) is 42.0 Å². The Morgan fingerprint density at radius 3 is 2.76 bits per heavy atom. The molecule has 0 bridgehead atoms. The Labute approximate surface area is 127 Å². The van der Waals surface area contributed by atoms with Crippen molar-refractivity contribution in [2.24, 2.45) is 0 Å². The summed E-state index contributed by atoms with van der Waals surface area (Å²) in [4.78, 5) is 16.5. The molecule has 0 atom stereocenters. The molecule has 21 heavy (non-hydrogen) atoms. The third kappa shape index (κ3) is 3.29. The standard InChI is InChI=1S/C16H17FN2OS/c17-13-9-5-4-8-12(13)15(20)19-16-18-14(10-21-16)11-6-2-1-3-7-11/h4-5,8-11H,1-3,6-7H2,(H,18,19,20). The van der Waals surface area contributed by atoms with Gasteiger partial charge in [-0.15, -0.1) is 11.3 Å². The van der Waals surface area contributed by atoms with E-state index in [9.17, 15) is 9.18 Å². The van der Waals surface area contributed by atoms with E-state index in [0.29, 0.717) is 11.0 Å². The Hall–Kier alpha value is -1.75. The van der Waals surface area contributed by atoms with E-state index in [1.165, 1.54) is 55.6 Å². The molecule has 3 nitrogen and oxygen atoms in total. The first-order chi connectivity index (χ1) is 10.2. The number of carbonyl (C=O) groups excluding carboxylic acids is 1. The molecule has 1 N–H and O–H groups in total. The summed E-state index contributed by atoms with van der Waals surface area (Å²) in [7, 11) is 0. The van der Waals surface area contributed by atoms with Gasteiger partial charge in [0.15, 0.2) is 5.13 Å². The number of benzene rings is 1. The third-order valence-electron chi connectivity index (χ3n) is 3.88. The molecule has 5 heteroatoms. The Morgan fingerprint density at radius 1 is 1.24 bits per heavy atom. The fourth-order valence-corrected chi connectivity index (χ4v) is 3.53. The van der Waals surface area contributed by atoms with Crippen LogP contribution in [0.5, 0.6) is 0 Å². The van der Waals surface area contributed by atoms with Crippen molar-refractivity contribution in [2.75, 3.05) is 5.32 Å². The lowest BCUT2D eigenvalue weighted by atomic mass is 9.87. The Morgan fingerprint density at radius 2 is 2.00 bits per heavy atom. The van der Waals surface area contributed by atoms with Crippen LogP contribution >= 0.6 is 11.3 Å². The molecule has 0 unspecified atom stereocenters. The molecule has 1 amide bonds. The molecule has 1 aromatic carbocycles. The van der Waals surface area contributed by atoms with Crippen LogP contribution in [-0.2, 0) is 0 Å². The van der Waals surface area contributed by atoms with Gasteiger partial charge in [0.25, 0.3) is 5.91 Å². The van der Waals surface area contributed by atoms with Crippen LogP contribution in [0.2, 0.25) is 0 Å². The monoisotopic (exact) mass is 304 g/mol. The number of rotatable bonds is 3. The molecule has 0 spiro atoms. The van der Waals surface area contributed by atoms with Crippen molar-refractivity contribution in [3.05, 3.63) is 46.7 Å². The van der Waals surface area contributed by atoms with Crippen molar-refractivity contribution >= 4 is 22.4 Å². The molecule has 1 saturated carbocycles. The van der Waals surface area contributed by atoms with E-state index >= 15 is 0 Å². The van der Waals surface area contributed by atoms with Crippen molar-refractivity contribution < 1.29 is 9.18 Å². The highest BCUT2D eigenvalue weighted by Gasteiger charge is 2.19. The molecule has 1 aliphatic rings. The van der Waals surface area contributed by atoms with Gasteiger partial charge in [-0.25, -0.2) is 9.37 Å². The summed E-state index contributed by atoms with van der Waals surface area (Å²) in [5.74, 6) is -0.453. The van der Waals surface area contributed by atoms with Crippen LogP contribution in [0.4, 0.5) is 9.52 Å². The summed E-state index contributed by atoms with van der Waals surface area (Å²) in [6.07, 6.45) is 6.14. The average Bonchev–Trinajstić information content (AvgIpc) is 2.97. The lowest BCUT2D eigenvalue weighted by Gasteiger charge is -2.19. The first kappa shape index (κ1) is 14.2. The predicted molar refractivity (Wildman–Crippen MR) is 82.3 cm³/mol. The molecule has 0 radical (unpaired) electrons. The Balaban J connectivity index is 1.69. The smallest absolute Gasteiger partial charge is 0.260 e. The van der Waals surface area contributed by atoms with Crippen molar-refractivity contribution in [3.8, 4) is 0 Å². The maximum absolute atomic E-state index is 13.6. The van der Waals surface area contributed by atoms with E-state index in [4.69, 9.17) is 0 Å². The van der Waals surface area contributed by atoms with Gasteiger partial charge < -0.3 is 0 Å². The molecule has 0 saturated heterocycles. The summed E-state index contributed by atoms with van der Waals surface area (Å²) in [6, 6.07) is 5.97. The number of thiazole rings is 1. The SMILES string of the molecule is O=C(Nc1nc(C2CCCCC2)cs1)c1ccccc1F. The molecular weight excluding hydrogens is 287 g/mol. The number of amides is 1. The highest BCUT2D eigenvalue weighted by atomic mass is 32.1. The van der Waals surface area contributed by atoms with Gasteiger partial charge in [-0.05, 0) is 25.0 Å². The molecule has 1 heterocycles. The highest BCUT2D eigenvalue weighted by molar-refractivity contribution is 7.14. The van der Waals surface area contributed by atoms with E-state index in [-0.39, 0.29) is 5.56 Å². The zero-order valence-corrected chi connectivity index (χ0v) is 12.5. The summed E-state index contributed by atoms with van der Waals surface area (Å²) >= 11 is 1.41. The molecule has 1 aliphatic carbocycles. The molecule has 0 aliphatic heterocycles. The lowest BCUT2D eigenvalue weighted by Crippen LogP contribution is -2.13. The van der Waals surface area contributed by atoms with Crippen molar-refractivity contribution in [1.29, 1.82) is 0 Å². The molecular formula is C16H17FN2OS. The quantitative estimate of drug-likeness (QED) is 0.901. The fraction of sp³-hybridized carbons (Fsp3) is 0.375. The average molecular weight is 304 g/mol. The van der Waals surface area contributed by atoms with Crippen LogP contribution in [0, 0.1) is 5.82 Å². The summed E-state index contributed by atoms with van der Waals surface area (Å²) in [5.41, 5.74) is 1.11. The van der Waals surface area contributed by atoms with Crippen LogP contribution in [-0.4, -0.2) is 10.9 Å². The van der Waals surface area contributed by atoms with E-state index in [1.807, 2.05) is 5.38 Å². The van der Waals surface area contributed by atoms with Crippen LogP contribution in [0.1, 0.15) is 54.1 Å². The highest BCUT2D eigenvalue weighted by Crippen LogP contribution is 2.34. The minimum Gasteiger partial charge on any atom is -0.298 e. The maximum atomic E-state index is 13.6. The van der Waals surface area contributed by atoms with Crippen LogP contribution in [0.15, 0.2) is 29.6 Å². The normalized spacial score (nSPS) is 15.9. The fourth-order valence-electron chi connectivity index (χ4n) is 2.74. The number of hydrogen-bond acceptors (Lipinski definition) is 3. The number of aromatic nitrogens is 1. The minimum atomic E-state index is -0.515. The molecule has 2 aromatic rings. The van der Waals surface area contributed by atoms with Gasteiger partial charge in [0, 0.05) is 11.3 Å². The molecule has 3 rings (SSSR count). The van der Waals surface area contributed by atoms with Crippen molar-refractivity contribution in [1.82, 2.24) is 4.98 Å². The van der Waals surface area contributed by atoms with Gasteiger partial charge in [-0.3, -0.25) is 10.1 Å². The zero-order valence-electron chi connectivity index (χ0n) is 11.6. The van der Waals surface area contributed by atoms with E-state index < -0.39 is 11.7 Å². The summed E-state index contributed by atoms with van der Waals surface area (Å²) in [5, 5.41) is 5.24. The number of nitrogens with zero attached hydrogens (tertiary/aromatic N) is 1. The number of carbonyl (C=O) groups is 1. The van der Waals surface area contributed by atoms with Gasteiger partial charge in [-0.1, -0.05) is 31.4 Å².